The molecule has 3 aromatic rings. The van der Waals surface area contributed by atoms with Gasteiger partial charge >= 0.3 is 0 Å². The van der Waals surface area contributed by atoms with Crippen molar-refractivity contribution < 1.29 is 9.26 Å². The molecule has 8 heteroatoms. The number of benzene rings is 2. The lowest BCUT2D eigenvalue weighted by Crippen LogP contribution is -2.28. The Kier molecular flexibility index (Phi) is 6.26. The fourth-order valence-corrected chi connectivity index (χ4v) is 2.58. The van der Waals surface area contributed by atoms with E-state index in [2.05, 4.69) is 20.8 Å². The Labute approximate surface area is 167 Å². The molecule has 0 aliphatic rings. The highest BCUT2D eigenvalue weighted by Gasteiger charge is 2.09. The molecule has 0 unspecified atom stereocenters. The van der Waals surface area contributed by atoms with Crippen LogP contribution in [-0.4, -0.2) is 21.4 Å². The molecule has 0 bridgehead atoms. The molecule has 140 valence electrons. The van der Waals surface area contributed by atoms with E-state index in [1.165, 1.54) is 0 Å². The molecule has 0 fully saturated rings. The number of hydrogen-bond acceptors (Lipinski definition) is 5. The number of aromatic nitrogens is 2. The fourth-order valence-electron chi connectivity index (χ4n) is 2.26. The van der Waals surface area contributed by atoms with Crippen LogP contribution in [-0.2, 0) is 6.54 Å². The molecular formula is C19H19ClN4O2S. The summed E-state index contributed by atoms with van der Waals surface area (Å²) in [5.74, 6) is 1.75. The average molecular weight is 403 g/mol. The highest BCUT2D eigenvalue weighted by Crippen LogP contribution is 2.19. The molecule has 2 aromatic carbocycles. The highest BCUT2D eigenvalue weighted by molar-refractivity contribution is 7.80. The van der Waals surface area contributed by atoms with Crippen LogP contribution in [0.4, 0.5) is 5.69 Å². The van der Waals surface area contributed by atoms with Gasteiger partial charge in [0, 0.05) is 16.3 Å². The topological polar surface area (TPSA) is 72.2 Å². The first-order valence-corrected chi connectivity index (χ1v) is 9.18. The van der Waals surface area contributed by atoms with Gasteiger partial charge in [0.1, 0.15) is 5.75 Å². The van der Waals surface area contributed by atoms with Crippen molar-refractivity contribution in [3.63, 3.8) is 0 Å². The van der Waals surface area contributed by atoms with Crippen LogP contribution < -0.4 is 15.4 Å². The smallest absolute Gasteiger partial charge is 0.246 e. The molecule has 0 radical (unpaired) electrons. The Morgan fingerprint density at radius 1 is 1.15 bits per heavy atom. The van der Waals surface area contributed by atoms with Gasteiger partial charge in [-0.15, -0.1) is 0 Å². The van der Waals surface area contributed by atoms with Gasteiger partial charge in [0.15, 0.2) is 5.11 Å². The van der Waals surface area contributed by atoms with Crippen molar-refractivity contribution in [2.45, 2.75) is 26.5 Å². The lowest BCUT2D eigenvalue weighted by atomic mass is 10.2. The monoisotopic (exact) mass is 402 g/mol. The van der Waals surface area contributed by atoms with Crippen molar-refractivity contribution in [2.24, 2.45) is 0 Å². The number of nitrogens with one attached hydrogen (secondary N) is 2. The third-order valence-electron chi connectivity index (χ3n) is 3.45. The second kappa shape index (κ2) is 8.83. The molecule has 1 heterocycles. The summed E-state index contributed by atoms with van der Waals surface area (Å²) in [6.07, 6.45) is 0.138. The van der Waals surface area contributed by atoms with Crippen LogP contribution in [0, 0.1) is 0 Å². The van der Waals surface area contributed by atoms with Crippen molar-refractivity contribution in [3.8, 4) is 17.1 Å². The van der Waals surface area contributed by atoms with E-state index in [4.69, 9.17) is 33.1 Å². The largest absolute Gasteiger partial charge is 0.491 e. The maximum atomic E-state index is 5.88. The Morgan fingerprint density at radius 3 is 2.52 bits per heavy atom. The Bertz CT molecular complexity index is 895. The minimum absolute atomic E-state index is 0.138. The van der Waals surface area contributed by atoms with Crippen LogP contribution >= 0.6 is 23.8 Å². The predicted octanol–water partition coefficient (Wildman–Crippen LogP) is 4.66. The van der Waals surface area contributed by atoms with E-state index >= 15 is 0 Å². The molecule has 0 saturated carbocycles. The van der Waals surface area contributed by atoms with Gasteiger partial charge in [-0.05, 0) is 74.6 Å². The molecule has 0 atom stereocenters. The van der Waals surface area contributed by atoms with E-state index in [0.717, 1.165) is 17.0 Å². The van der Waals surface area contributed by atoms with E-state index in [-0.39, 0.29) is 6.10 Å². The van der Waals surface area contributed by atoms with Gasteiger partial charge in [-0.1, -0.05) is 16.8 Å². The van der Waals surface area contributed by atoms with Gasteiger partial charge in [-0.25, -0.2) is 0 Å². The summed E-state index contributed by atoms with van der Waals surface area (Å²) in [6.45, 7) is 4.29. The minimum atomic E-state index is 0.138. The molecule has 0 aliphatic heterocycles. The summed E-state index contributed by atoms with van der Waals surface area (Å²) in [6, 6.07) is 14.8. The maximum absolute atomic E-state index is 5.88. The Morgan fingerprint density at radius 2 is 1.85 bits per heavy atom. The third-order valence-corrected chi connectivity index (χ3v) is 3.95. The van der Waals surface area contributed by atoms with Crippen molar-refractivity contribution >= 4 is 34.6 Å². The lowest BCUT2D eigenvalue weighted by molar-refractivity contribution is 0.242. The standard InChI is InChI=1S/C19H19ClN4O2S/c1-12(2)25-16-9-7-15(8-10-16)22-19(27)21-11-17-23-18(24-26-17)13-3-5-14(20)6-4-13/h3-10,12H,11H2,1-2H3,(H2,21,22,27). The van der Waals surface area contributed by atoms with E-state index < -0.39 is 0 Å². The molecule has 6 nitrogen and oxygen atoms in total. The van der Waals surface area contributed by atoms with Gasteiger partial charge in [0.2, 0.25) is 11.7 Å². The van der Waals surface area contributed by atoms with Crippen molar-refractivity contribution in [3.05, 3.63) is 59.4 Å². The van der Waals surface area contributed by atoms with Gasteiger partial charge in [0.25, 0.3) is 0 Å². The van der Waals surface area contributed by atoms with Gasteiger partial charge in [-0.3, -0.25) is 0 Å². The normalized spacial score (nSPS) is 10.7. The van der Waals surface area contributed by atoms with Crippen LogP contribution in [0.15, 0.2) is 53.1 Å². The number of ether oxygens (including phenoxy) is 1. The average Bonchev–Trinajstić information content (AvgIpc) is 3.11. The van der Waals surface area contributed by atoms with E-state index in [0.29, 0.717) is 28.4 Å². The molecule has 1 aromatic heterocycles. The number of thiocarbonyl (C=S) groups is 1. The second-order valence-electron chi connectivity index (χ2n) is 6.02. The predicted molar refractivity (Wildman–Crippen MR) is 110 cm³/mol. The van der Waals surface area contributed by atoms with E-state index in [9.17, 15) is 0 Å². The van der Waals surface area contributed by atoms with Crippen molar-refractivity contribution in [1.29, 1.82) is 0 Å². The minimum Gasteiger partial charge on any atom is -0.491 e. The highest BCUT2D eigenvalue weighted by atomic mass is 35.5. The van der Waals surface area contributed by atoms with Crippen LogP contribution in [0.1, 0.15) is 19.7 Å². The maximum Gasteiger partial charge on any atom is 0.246 e. The summed E-state index contributed by atoms with van der Waals surface area (Å²) in [7, 11) is 0. The first-order valence-electron chi connectivity index (χ1n) is 8.39. The van der Waals surface area contributed by atoms with Gasteiger partial charge < -0.3 is 19.9 Å². The number of halogens is 1. The third kappa shape index (κ3) is 5.67. The van der Waals surface area contributed by atoms with Crippen LogP contribution in [0.25, 0.3) is 11.4 Å². The van der Waals surface area contributed by atoms with E-state index in [1.54, 1.807) is 12.1 Å². The molecule has 3 rings (SSSR count). The summed E-state index contributed by atoms with van der Waals surface area (Å²) >= 11 is 11.2. The fraction of sp³-hybridized carbons (Fsp3) is 0.211. The number of nitrogens with zero attached hydrogens (tertiary/aromatic N) is 2. The Hall–Kier alpha value is -2.64. The van der Waals surface area contributed by atoms with Crippen molar-refractivity contribution in [1.82, 2.24) is 15.5 Å². The molecular weight excluding hydrogens is 384 g/mol. The van der Waals surface area contributed by atoms with Gasteiger partial charge in [0.05, 0.1) is 12.6 Å². The number of anilines is 1. The van der Waals surface area contributed by atoms with Crippen LogP contribution in [0.5, 0.6) is 5.75 Å². The van der Waals surface area contributed by atoms with E-state index in [1.807, 2.05) is 50.2 Å². The van der Waals surface area contributed by atoms with Crippen LogP contribution in [0.3, 0.4) is 0 Å². The SMILES string of the molecule is CC(C)Oc1ccc(NC(=S)NCc2nc(-c3ccc(Cl)cc3)no2)cc1. The zero-order valence-corrected chi connectivity index (χ0v) is 16.5. The summed E-state index contributed by atoms with van der Waals surface area (Å²) in [5, 5.41) is 11.2. The molecule has 0 amide bonds. The molecule has 2 N–H and O–H groups in total. The summed E-state index contributed by atoms with van der Waals surface area (Å²) in [5.41, 5.74) is 1.69. The van der Waals surface area contributed by atoms with Crippen molar-refractivity contribution in [2.75, 3.05) is 5.32 Å². The van der Waals surface area contributed by atoms with Crippen LogP contribution in [0.2, 0.25) is 5.02 Å². The molecule has 0 saturated heterocycles. The first-order chi connectivity index (χ1) is 13.0. The lowest BCUT2D eigenvalue weighted by Gasteiger charge is -2.12. The molecule has 0 aliphatic carbocycles. The quantitative estimate of drug-likeness (QED) is 0.580. The van der Waals surface area contributed by atoms with Gasteiger partial charge in [-0.2, -0.15) is 4.98 Å². The zero-order chi connectivity index (χ0) is 19.2. The molecule has 0 spiro atoms. The Balaban J connectivity index is 1.51. The first kappa shape index (κ1) is 19.1. The number of hydrogen-bond donors (Lipinski definition) is 2. The summed E-state index contributed by atoms with van der Waals surface area (Å²) in [4.78, 5) is 4.34. The number of rotatable bonds is 6. The summed E-state index contributed by atoms with van der Waals surface area (Å²) < 4.78 is 10.9. The molecule has 27 heavy (non-hydrogen) atoms. The zero-order valence-electron chi connectivity index (χ0n) is 14.9. The second-order valence-corrected chi connectivity index (χ2v) is 6.86.